The molecular formula is C31H34F3N3O3S. The molecule has 2 fully saturated rings. The lowest BCUT2D eigenvalue weighted by atomic mass is 9.86. The van der Waals surface area contributed by atoms with Crippen LogP contribution in [0.25, 0.3) is 0 Å². The summed E-state index contributed by atoms with van der Waals surface area (Å²) in [5, 5.41) is 11.9. The second-order valence-corrected chi connectivity index (χ2v) is 13.2. The van der Waals surface area contributed by atoms with Crippen LogP contribution in [0.4, 0.5) is 24.5 Å². The molecule has 3 aromatic rings. The van der Waals surface area contributed by atoms with E-state index in [-0.39, 0.29) is 16.7 Å². The molecule has 0 amide bonds. The molecule has 1 aliphatic heterocycles. The lowest BCUT2D eigenvalue weighted by Crippen LogP contribution is -2.55. The molecule has 0 bridgehead atoms. The first-order valence-electron chi connectivity index (χ1n) is 14.2. The van der Waals surface area contributed by atoms with Crippen molar-refractivity contribution in [2.24, 2.45) is 10.3 Å². The van der Waals surface area contributed by atoms with Crippen molar-refractivity contribution in [2.45, 2.75) is 74.4 Å². The van der Waals surface area contributed by atoms with Crippen LogP contribution in [0.2, 0.25) is 0 Å². The number of anilines is 2. The van der Waals surface area contributed by atoms with Crippen LogP contribution >= 0.6 is 0 Å². The fourth-order valence-corrected chi connectivity index (χ4v) is 7.91. The maximum absolute atomic E-state index is 14.4. The summed E-state index contributed by atoms with van der Waals surface area (Å²) in [6.45, 7) is 0.395. The standard InChI is InChI=1S/C31H34F3N3O3S/c32-31(33,34)40-24-16-18-25(19-17-24)41(39,35-20-21-12-13-21)36-26-8-5-11-29(30(26)38)37-27-9-3-1-6-22(27)14-15-23-7-2-4-10-28(23)37/h1-4,6-7,9-10,16-19,21,26,29-30,38H,5,8,11-15,20H2,(H,35,36,39)/t26-,29+,30-,41?/m1/s1. The maximum Gasteiger partial charge on any atom is 0.573 e. The van der Waals surface area contributed by atoms with Gasteiger partial charge in [-0.25, -0.2) is 13.3 Å². The highest BCUT2D eigenvalue weighted by atomic mass is 32.2. The lowest BCUT2D eigenvalue weighted by molar-refractivity contribution is -0.274. The predicted octanol–water partition coefficient (Wildman–Crippen LogP) is 6.55. The molecule has 10 heteroatoms. The summed E-state index contributed by atoms with van der Waals surface area (Å²) >= 11 is 0. The zero-order valence-corrected chi connectivity index (χ0v) is 23.4. The number of fused-ring (bicyclic) bond motifs is 2. The Kier molecular flexibility index (Phi) is 7.74. The number of rotatable bonds is 7. The number of aliphatic hydroxyl groups is 1. The maximum atomic E-state index is 14.4. The minimum Gasteiger partial charge on any atom is -0.406 e. The van der Waals surface area contributed by atoms with E-state index in [1.54, 1.807) is 0 Å². The van der Waals surface area contributed by atoms with Crippen molar-refractivity contribution in [3.8, 4) is 5.75 Å². The summed E-state index contributed by atoms with van der Waals surface area (Å²) in [5.41, 5.74) is 4.58. The predicted molar refractivity (Wildman–Crippen MR) is 153 cm³/mol. The first kappa shape index (κ1) is 28.1. The average Bonchev–Trinajstić information content (AvgIpc) is 3.79. The van der Waals surface area contributed by atoms with Crippen LogP contribution < -0.4 is 14.4 Å². The summed E-state index contributed by atoms with van der Waals surface area (Å²) in [6, 6.07) is 20.8. The van der Waals surface area contributed by atoms with Gasteiger partial charge < -0.3 is 14.7 Å². The van der Waals surface area contributed by atoms with Crippen molar-refractivity contribution in [3.63, 3.8) is 0 Å². The van der Waals surface area contributed by atoms with Gasteiger partial charge in [-0.2, -0.15) is 0 Å². The number of nitrogens with zero attached hydrogens (tertiary/aromatic N) is 2. The summed E-state index contributed by atoms with van der Waals surface area (Å²) in [7, 11) is -3.24. The van der Waals surface area contributed by atoms with E-state index in [1.807, 2.05) is 24.3 Å². The zero-order chi connectivity index (χ0) is 28.6. The summed E-state index contributed by atoms with van der Waals surface area (Å²) in [5.74, 6) is -0.0268. The van der Waals surface area contributed by atoms with Crippen LogP contribution in [0, 0.1) is 5.92 Å². The average molecular weight is 586 g/mol. The highest BCUT2D eigenvalue weighted by Crippen LogP contribution is 2.41. The van der Waals surface area contributed by atoms with Crippen LogP contribution in [-0.2, 0) is 22.8 Å². The molecule has 2 saturated carbocycles. The molecular weight excluding hydrogens is 551 g/mol. The molecule has 2 aliphatic carbocycles. The van der Waals surface area contributed by atoms with Gasteiger partial charge in [0.1, 0.15) is 15.7 Å². The Morgan fingerprint density at radius 2 is 1.51 bits per heavy atom. The third-order valence-corrected chi connectivity index (χ3v) is 10.3. The second-order valence-electron chi connectivity index (χ2n) is 11.1. The van der Waals surface area contributed by atoms with Crippen LogP contribution in [0.1, 0.15) is 43.2 Å². The second kappa shape index (κ2) is 11.3. The number of hydrogen-bond donors (Lipinski definition) is 2. The van der Waals surface area contributed by atoms with Crippen molar-refractivity contribution in [2.75, 3.05) is 11.4 Å². The van der Waals surface area contributed by atoms with Gasteiger partial charge in [-0.3, -0.25) is 0 Å². The molecule has 218 valence electrons. The quantitative estimate of drug-likeness (QED) is 0.330. The first-order valence-corrected chi connectivity index (χ1v) is 15.7. The SMILES string of the molecule is O=S(=NCC1CC1)(N[C@@H]1CCC[C@H](N2c3ccccc3CCc3ccccc32)[C@@H]1O)c1ccc(OC(F)(F)F)cc1. The van der Waals surface area contributed by atoms with Crippen LogP contribution in [0.3, 0.4) is 0 Å². The molecule has 0 spiro atoms. The zero-order valence-electron chi connectivity index (χ0n) is 22.6. The van der Waals surface area contributed by atoms with Crippen molar-refractivity contribution < 1.29 is 27.2 Å². The van der Waals surface area contributed by atoms with Gasteiger partial charge in [0.05, 0.1) is 23.6 Å². The number of nitrogens with one attached hydrogen (secondary N) is 1. The van der Waals surface area contributed by atoms with E-state index in [2.05, 4.69) is 43.0 Å². The lowest BCUT2D eigenvalue weighted by Gasteiger charge is -2.43. The fourth-order valence-electron chi connectivity index (χ4n) is 5.96. The highest BCUT2D eigenvalue weighted by Gasteiger charge is 2.40. The van der Waals surface area contributed by atoms with Gasteiger partial charge in [-0.15, -0.1) is 13.2 Å². The number of halogens is 3. The Hall–Kier alpha value is -3.08. The number of ether oxygens (including phenoxy) is 1. The molecule has 3 aliphatic rings. The molecule has 4 atom stereocenters. The number of aryl methyl sites for hydroxylation is 2. The molecule has 0 radical (unpaired) electrons. The molecule has 1 unspecified atom stereocenters. The Morgan fingerprint density at radius 3 is 2.10 bits per heavy atom. The summed E-state index contributed by atoms with van der Waals surface area (Å²) in [4.78, 5) is 2.52. The minimum absolute atomic E-state index is 0.267. The third-order valence-electron chi connectivity index (χ3n) is 8.22. The summed E-state index contributed by atoms with van der Waals surface area (Å²) in [6.07, 6.45) is 0.296. The first-order chi connectivity index (χ1) is 19.7. The van der Waals surface area contributed by atoms with Crippen molar-refractivity contribution in [3.05, 3.63) is 83.9 Å². The molecule has 6 nitrogen and oxygen atoms in total. The van der Waals surface area contributed by atoms with Crippen LogP contribution in [0.15, 0.2) is 82.1 Å². The number of benzene rings is 3. The van der Waals surface area contributed by atoms with Crippen molar-refractivity contribution in [1.29, 1.82) is 0 Å². The van der Waals surface area contributed by atoms with E-state index in [9.17, 15) is 22.5 Å². The fraction of sp³-hybridized carbons (Fsp3) is 0.419. The molecule has 0 aromatic heterocycles. The Morgan fingerprint density at radius 1 is 0.902 bits per heavy atom. The minimum atomic E-state index is -4.82. The van der Waals surface area contributed by atoms with E-state index >= 15 is 0 Å². The Labute approximate surface area is 238 Å². The van der Waals surface area contributed by atoms with E-state index in [0.717, 1.165) is 62.0 Å². The topological polar surface area (TPSA) is 74.2 Å². The Bertz CT molecular complexity index is 1450. The normalized spacial score (nSPS) is 24.0. The van der Waals surface area contributed by atoms with E-state index in [0.29, 0.717) is 18.9 Å². The molecule has 41 heavy (non-hydrogen) atoms. The van der Waals surface area contributed by atoms with Crippen molar-refractivity contribution >= 4 is 21.3 Å². The van der Waals surface area contributed by atoms with Gasteiger partial charge in [0, 0.05) is 17.4 Å². The number of para-hydroxylation sites is 2. The summed E-state index contributed by atoms with van der Waals surface area (Å²) < 4.78 is 64.3. The van der Waals surface area contributed by atoms with Gasteiger partial charge >= 0.3 is 6.36 Å². The largest absolute Gasteiger partial charge is 0.573 e. The molecule has 0 saturated heterocycles. The monoisotopic (exact) mass is 585 g/mol. The Balaban J connectivity index is 1.31. The number of hydrogen-bond acceptors (Lipinski definition) is 5. The van der Waals surface area contributed by atoms with Gasteiger partial charge in [0.25, 0.3) is 0 Å². The van der Waals surface area contributed by atoms with Gasteiger partial charge in [-0.1, -0.05) is 36.4 Å². The van der Waals surface area contributed by atoms with Crippen LogP contribution in [-0.4, -0.2) is 40.4 Å². The molecule has 2 N–H and O–H groups in total. The van der Waals surface area contributed by atoms with E-state index in [1.165, 1.54) is 23.3 Å². The molecule has 6 rings (SSSR count). The molecule has 1 heterocycles. The third kappa shape index (κ3) is 6.24. The van der Waals surface area contributed by atoms with E-state index < -0.39 is 28.4 Å². The van der Waals surface area contributed by atoms with Gasteiger partial charge in [-0.05, 0) is 98.4 Å². The van der Waals surface area contributed by atoms with E-state index in [4.69, 9.17) is 0 Å². The smallest absolute Gasteiger partial charge is 0.406 e. The van der Waals surface area contributed by atoms with Gasteiger partial charge in [0.2, 0.25) is 0 Å². The van der Waals surface area contributed by atoms with Crippen LogP contribution in [0.5, 0.6) is 5.75 Å². The van der Waals surface area contributed by atoms with Crippen molar-refractivity contribution in [1.82, 2.24) is 4.72 Å². The highest BCUT2D eigenvalue weighted by molar-refractivity contribution is 7.91. The number of alkyl halides is 3. The molecule has 3 aromatic carbocycles. The van der Waals surface area contributed by atoms with Gasteiger partial charge in [0.15, 0.2) is 0 Å². The number of aliphatic hydroxyl groups excluding tert-OH is 1.